The van der Waals surface area contributed by atoms with Crippen molar-refractivity contribution in [1.82, 2.24) is 0 Å². The van der Waals surface area contributed by atoms with Gasteiger partial charge in [0, 0.05) is 5.56 Å². The summed E-state index contributed by atoms with van der Waals surface area (Å²) in [5, 5.41) is 18.2. The summed E-state index contributed by atoms with van der Waals surface area (Å²) in [6, 6.07) is 7.28. The quantitative estimate of drug-likeness (QED) is 0.800. The van der Waals surface area contributed by atoms with E-state index in [1.807, 2.05) is 24.3 Å². The lowest BCUT2D eigenvalue weighted by molar-refractivity contribution is -0.0770. The Bertz CT molecular complexity index is 338. The highest BCUT2D eigenvalue weighted by atomic mass is 16.7. The molecule has 0 radical (unpaired) electrons. The first-order valence-corrected chi connectivity index (χ1v) is 5.45. The Morgan fingerprint density at radius 2 is 1.59 bits per heavy atom. The number of benzene rings is 1. The summed E-state index contributed by atoms with van der Waals surface area (Å²) in [6.45, 7) is -0.338. The maximum absolute atomic E-state index is 9.08. The van der Waals surface area contributed by atoms with Crippen LogP contribution in [0.4, 0.5) is 0 Å². The lowest BCUT2D eigenvalue weighted by atomic mass is 10.2. The molecule has 0 saturated carbocycles. The summed E-state index contributed by atoms with van der Waals surface area (Å²) in [4.78, 5) is 0. The Kier molecular flexibility index (Phi) is 3.96. The molecule has 0 spiro atoms. The van der Waals surface area contributed by atoms with E-state index < -0.39 is 18.5 Å². The lowest BCUT2D eigenvalue weighted by Gasteiger charge is -2.10. The number of methoxy groups -OCH3 is 1. The maximum atomic E-state index is 9.08. The molecule has 1 aromatic rings. The van der Waals surface area contributed by atoms with Crippen LogP contribution in [0.3, 0.4) is 0 Å². The van der Waals surface area contributed by atoms with Gasteiger partial charge in [0.05, 0.1) is 20.3 Å². The fourth-order valence-corrected chi connectivity index (χ4v) is 1.76. The van der Waals surface area contributed by atoms with E-state index in [0.717, 1.165) is 11.3 Å². The maximum Gasteiger partial charge on any atom is 0.184 e. The molecule has 1 aromatic carbocycles. The zero-order valence-electron chi connectivity index (χ0n) is 9.57. The third-order valence-electron chi connectivity index (χ3n) is 2.76. The van der Waals surface area contributed by atoms with E-state index in [1.54, 1.807) is 7.11 Å². The number of hydrogen-bond acceptors (Lipinski definition) is 5. The van der Waals surface area contributed by atoms with Gasteiger partial charge in [-0.2, -0.15) is 0 Å². The van der Waals surface area contributed by atoms with Gasteiger partial charge in [-0.1, -0.05) is 12.1 Å². The second-order valence-corrected chi connectivity index (χ2v) is 3.82. The number of hydrogen-bond donors (Lipinski definition) is 2. The molecule has 0 unspecified atom stereocenters. The molecule has 1 aliphatic heterocycles. The first-order valence-electron chi connectivity index (χ1n) is 5.45. The van der Waals surface area contributed by atoms with Gasteiger partial charge in [0.25, 0.3) is 0 Å². The van der Waals surface area contributed by atoms with Crippen molar-refractivity contribution in [3.05, 3.63) is 29.8 Å². The van der Waals surface area contributed by atoms with Crippen LogP contribution < -0.4 is 4.74 Å². The molecule has 0 aliphatic carbocycles. The van der Waals surface area contributed by atoms with Gasteiger partial charge in [-0.05, 0) is 12.1 Å². The third kappa shape index (κ3) is 2.58. The van der Waals surface area contributed by atoms with E-state index in [9.17, 15) is 0 Å². The predicted octanol–water partition coefficient (Wildman–Crippen LogP) is 0.462. The first-order chi connectivity index (χ1) is 8.28. The van der Waals surface area contributed by atoms with Gasteiger partial charge in [0.2, 0.25) is 0 Å². The smallest absolute Gasteiger partial charge is 0.184 e. The molecule has 1 fully saturated rings. The van der Waals surface area contributed by atoms with Gasteiger partial charge < -0.3 is 24.4 Å². The van der Waals surface area contributed by atoms with E-state index in [2.05, 4.69) is 0 Å². The molecule has 0 aromatic heterocycles. The van der Waals surface area contributed by atoms with E-state index in [-0.39, 0.29) is 13.2 Å². The molecule has 5 nitrogen and oxygen atoms in total. The second-order valence-electron chi connectivity index (χ2n) is 3.82. The summed E-state index contributed by atoms with van der Waals surface area (Å²) in [5.41, 5.74) is 0.834. The monoisotopic (exact) mass is 240 g/mol. The zero-order chi connectivity index (χ0) is 12.3. The third-order valence-corrected chi connectivity index (χ3v) is 2.76. The van der Waals surface area contributed by atoms with Gasteiger partial charge in [0.15, 0.2) is 6.29 Å². The van der Waals surface area contributed by atoms with Crippen molar-refractivity contribution >= 4 is 0 Å². The first kappa shape index (κ1) is 12.3. The normalized spacial score (nSPS) is 25.1. The van der Waals surface area contributed by atoms with Gasteiger partial charge in [0.1, 0.15) is 18.0 Å². The molecular formula is C12H16O5. The molecule has 5 heteroatoms. The van der Waals surface area contributed by atoms with Gasteiger partial charge in [-0.3, -0.25) is 0 Å². The second kappa shape index (κ2) is 5.46. The summed E-state index contributed by atoms with van der Waals surface area (Å²) < 4.78 is 16.1. The Hall–Kier alpha value is -1.14. The van der Waals surface area contributed by atoms with Gasteiger partial charge in [-0.25, -0.2) is 0 Å². The molecule has 94 valence electrons. The Morgan fingerprint density at radius 1 is 1.06 bits per heavy atom. The Morgan fingerprint density at radius 3 is 2.00 bits per heavy atom. The molecule has 1 heterocycles. The molecule has 1 saturated heterocycles. The van der Waals surface area contributed by atoms with Crippen LogP contribution in [0, 0.1) is 0 Å². The lowest BCUT2D eigenvalue weighted by Crippen LogP contribution is -2.29. The van der Waals surface area contributed by atoms with E-state index in [4.69, 9.17) is 24.4 Å². The number of rotatable bonds is 4. The summed E-state index contributed by atoms with van der Waals surface area (Å²) in [5.74, 6) is 0.754. The summed E-state index contributed by atoms with van der Waals surface area (Å²) >= 11 is 0. The van der Waals surface area contributed by atoms with E-state index in [1.165, 1.54) is 0 Å². The number of aliphatic hydroxyl groups is 2. The van der Waals surface area contributed by atoms with Crippen LogP contribution in [0.15, 0.2) is 24.3 Å². The van der Waals surface area contributed by atoms with Crippen molar-refractivity contribution in [2.45, 2.75) is 18.5 Å². The Balaban J connectivity index is 2.07. The highest BCUT2D eigenvalue weighted by molar-refractivity contribution is 5.28. The van der Waals surface area contributed by atoms with Crippen molar-refractivity contribution in [2.24, 2.45) is 0 Å². The summed E-state index contributed by atoms with van der Waals surface area (Å²) in [6.07, 6.45) is -1.51. The largest absolute Gasteiger partial charge is 0.497 e. The summed E-state index contributed by atoms with van der Waals surface area (Å²) in [7, 11) is 1.60. The molecule has 2 atom stereocenters. The molecule has 17 heavy (non-hydrogen) atoms. The average Bonchev–Trinajstić information content (AvgIpc) is 2.82. The highest BCUT2D eigenvalue weighted by Gasteiger charge is 2.35. The molecular weight excluding hydrogens is 224 g/mol. The van der Waals surface area contributed by atoms with Crippen LogP contribution >= 0.6 is 0 Å². The van der Waals surface area contributed by atoms with E-state index >= 15 is 0 Å². The van der Waals surface area contributed by atoms with Crippen LogP contribution in [0.25, 0.3) is 0 Å². The van der Waals surface area contributed by atoms with Crippen LogP contribution in [-0.4, -0.2) is 42.7 Å². The minimum atomic E-state index is -0.546. The van der Waals surface area contributed by atoms with E-state index in [0.29, 0.717) is 0 Å². The Labute approximate surface area is 99.5 Å². The van der Waals surface area contributed by atoms with Crippen LogP contribution in [0.5, 0.6) is 5.75 Å². The van der Waals surface area contributed by atoms with Crippen molar-refractivity contribution in [3.63, 3.8) is 0 Å². The fraction of sp³-hybridized carbons (Fsp3) is 0.500. The average molecular weight is 240 g/mol. The number of aliphatic hydroxyl groups excluding tert-OH is 2. The van der Waals surface area contributed by atoms with Crippen LogP contribution in [0.1, 0.15) is 11.9 Å². The van der Waals surface area contributed by atoms with Crippen LogP contribution in [-0.2, 0) is 9.47 Å². The van der Waals surface area contributed by atoms with Crippen LogP contribution in [0.2, 0.25) is 0 Å². The zero-order valence-corrected chi connectivity index (χ0v) is 9.57. The molecule has 0 amide bonds. The fourth-order valence-electron chi connectivity index (χ4n) is 1.76. The van der Waals surface area contributed by atoms with Gasteiger partial charge in [-0.15, -0.1) is 0 Å². The standard InChI is InChI=1S/C12H16O5/c1-15-9-4-2-8(3-5-9)12-16-10(6-13)11(7-14)17-12/h2-5,10-14H,6-7H2,1H3/t10-,11-/m1/s1. The topological polar surface area (TPSA) is 68.2 Å². The van der Waals surface area contributed by atoms with Crippen molar-refractivity contribution in [1.29, 1.82) is 0 Å². The number of ether oxygens (including phenoxy) is 3. The highest BCUT2D eigenvalue weighted by Crippen LogP contribution is 2.31. The minimum absolute atomic E-state index is 0.169. The van der Waals surface area contributed by atoms with Crippen molar-refractivity contribution in [3.8, 4) is 5.75 Å². The van der Waals surface area contributed by atoms with Crippen molar-refractivity contribution in [2.75, 3.05) is 20.3 Å². The molecule has 2 N–H and O–H groups in total. The molecule has 1 aliphatic rings. The predicted molar refractivity (Wildman–Crippen MR) is 59.7 cm³/mol. The molecule has 2 rings (SSSR count). The van der Waals surface area contributed by atoms with Crippen molar-refractivity contribution < 1.29 is 24.4 Å². The SMILES string of the molecule is COc1ccc(C2O[C@H](CO)[C@@H](CO)O2)cc1. The van der Waals surface area contributed by atoms with Gasteiger partial charge >= 0.3 is 0 Å². The minimum Gasteiger partial charge on any atom is -0.497 e. The molecule has 0 bridgehead atoms.